The number of aryl methyl sites for hydroxylation is 1. The van der Waals surface area contributed by atoms with Crippen molar-refractivity contribution in [1.29, 1.82) is 0 Å². The molecule has 0 unspecified atom stereocenters. The van der Waals surface area contributed by atoms with E-state index in [1.54, 1.807) is 19.0 Å². The van der Waals surface area contributed by atoms with Gasteiger partial charge in [0.05, 0.1) is 0 Å². The van der Waals surface area contributed by atoms with Gasteiger partial charge in [0.25, 0.3) is 5.91 Å². The topological polar surface area (TPSA) is 33.2 Å². The zero-order valence-electron chi connectivity index (χ0n) is 14.0. The van der Waals surface area contributed by atoms with Crippen molar-refractivity contribution in [3.05, 3.63) is 66.0 Å². The number of benzene rings is 3. The van der Waals surface area contributed by atoms with Crippen LogP contribution in [0.15, 0.2) is 54.6 Å². The molecule has 0 atom stereocenters. The highest BCUT2D eigenvalue weighted by molar-refractivity contribution is 6.26. The Hall–Kier alpha value is -2.94. The molecule has 4 aromatic rings. The molecule has 1 heterocycles. The Morgan fingerprint density at radius 3 is 1.92 bits per heavy atom. The summed E-state index contributed by atoms with van der Waals surface area (Å²) in [6.45, 7) is 1.98. The van der Waals surface area contributed by atoms with Crippen LogP contribution >= 0.6 is 0 Å². The van der Waals surface area contributed by atoms with Gasteiger partial charge in [0.15, 0.2) is 0 Å². The van der Waals surface area contributed by atoms with Crippen molar-refractivity contribution >= 4 is 38.2 Å². The highest BCUT2D eigenvalue weighted by atomic mass is 16.2. The first kappa shape index (κ1) is 14.6. The molecule has 0 radical (unpaired) electrons. The highest BCUT2D eigenvalue weighted by Gasteiger charge is 2.16. The smallest absolute Gasteiger partial charge is 0.271 e. The van der Waals surface area contributed by atoms with E-state index in [9.17, 15) is 4.79 Å². The summed E-state index contributed by atoms with van der Waals surface area (Å²) in [5, 5.41) is 6.97. The highest BCUT2D eigenvalue weighted by Crippen LogP contribution is 2.36. The molecule has 1 aromatic heterocycles. The van der Waals surface area contributed by atoms with Crippen LogP contribution in [0.25, 0.3) is 32.3 Å². The summed E-state index contributed by atoms with van der Waals surface area (Å²) in [6, 6.07) is 18.7. The quantitative estimate of drug-likeness (QED) is 0.483. The van der Waals surface area contributed by atoms with Gasteiger partial charge in [-0.1, -0.05) is 48.5 Å². The number of carbonyl (C=O) groups excluding carboxylic acids is 1. The normalized spacial score (nSPS) is 11.3. The van der Waals surface area contributed by atoms with E-state index in [4.69, 9.17) is 0 Å². The lowest BCUT2D eigenvalue weighted by atomic mass is 9.93. The minimum atomic E-state index is -0.0720. The molecule has 0 N–H and O–H groups in total. The largest absolute Gasteiger partial charge is 0.343 e. The van der Waals surface area contributed by atoms with Gasteiger partial charge in [-0.15, -0.1) is 0 Å². The summed E-state index contributed by atoms with van der Waals surface area (Å²) in [7, 11) is 3.50. The van der Waals surface area contributed by atoms with Gasteiger partial charge >= 0.3 is 0 Å². The summed E-state index contributed by atoms with van der Waals surface area (Å²) < 4.78 is 0. The van der Waals surface area contributed by atoms with E-state index in [1.165, 1.54) is 16.2 Å². The number of fused-ring (bicyclic) bond motifs is 6. The zero-order valence-corrected chi connectivity index (χ0v) is 14.0. The first-order valence-corrected chi connectivity index (χ1v) is 8.00. The van der Waals surface area contributed by atoms with Crippen LogP contribution in [0.5, 0.6) is 0 Å². The number of hydrogen-bond donors (Lipinski definition) is 0. The van der Waals surface area contributed by atoms with Crippen LogP contribution in [-0.2, 0) is 0 Å². The molecule has 118 valence electrons. The SMILES string of the molecule is Cc1nc(C(=O)N(C)C)cc2c3ccccc3c3ccccc3c12. The van der Waals surface area contributed by atoms with Crippen molar-refractivity contribution in [2.75, 3.05) is 14.1 Å². The van der Waals surface area contributed by atoms with E-state index >= 15 is 0 Å². The van der Waals surface area contributed by atoms with Crippen molar-refractivity contribution in [2.45, 2.75) is 6.92 Å². The van der Waals surface area contributed by atoms with Gasteiger partial charge in [-0.3, -0.25) is 4.79 Å². The standard InChI is InChI=1S/C21H18N2O/c1-13-20-17-11-7-6-9-15(17)14-8-4-5-10-16(14)18(20)12-19(22-13)21(24)23(2)3/h4-12H,1-3H3. The van der Waals surface area contributed by atoms with Gasteiger partial charge < -0.3 is 4.90 Å². The molecule has 3 heteroatoms. The molecular formula is C21H18N2O. The van der Waals surface area contributed by atoms with E-state index in [2.05, 4.69) is 47.4 Å². The maximum Gasteiger partial charge on any atom is 0.271 e. The molecule has 0 aliphatic rings. The van der Waals surface area contributed by atoms with Gasteiger partial charge in [0.2, 0.25) is 0 Å². The van der Waals surface area contributed by atoms with Crippen LogP contribution < -0.4 is 0 Å². The van der Waals surface area contributed by atoms with Crippen molar-refractivity contribution in [1.82, 2.24) is 9.88 Å². The molecular weight excluding hydrogens is 296 g/mol. The monoisotopic (exact) mass is 314 g/mol. The van der Waals surface area contributed by atoms with Gasteiger partial charge in [0, 0.05) is 25.2 Å². The van der Waals surface area contributed by atoms with Crippen LogP contribution in [0.2, 0.25) is 0 Å². The predicted molar refractivity (Wildman–Crippen MR) is 99.5 cm³/mol. The van der Waals surface area contributed by atoms with Crippen LogP contribution in [0.1, 0.15) is 16.2 Å². The lowest BCUT2D eigenvalue weighted by Crippen LogP contribution is -2.23. The number of aromatic nitrogens is 1. The van der Waals surface area contributed by atoms with Crippen molar-refractivity contribution in [3.63, 3.8) is 0 Å². The molecule has 1 amide bonds. The third kappa shape index (κ3) is 2.05. The summed E-state index contributed by atoms with van der Waals surface area (Å²) in [5.74, 6) is -0.0720. The summed E-state index contributed by atoms with van der Waals surface area (Å²) >= 11 is 0. The average Bonchev–Trinajstić information content (AvgIpc) is 2.60. The second-order valence-corrected chi connectivity index (χ2v) is 6.31. The number of rotatable bonds is 1. The number of nitrogens with zero attached hydrogens (tertiary/aromatic N) is 2. The van der Waals surface area contributed by atoms with Crippen molar-refractivity contribution < 1.29 is 4.79 Å². The molecule has 4 rings (SSSR count). The minimum absolute atomic E-state index is 0.0720. The fourth-order valence-corrected chi connectivity index (χ4v) is 3.45. The molecule has 3 nitrogen and oxygen atoms in total. The van der Waals surface area contributed by atoms with Gasteiger partial charge in [-0.05, 0) is 39.9 Å². The van der Waals surface area contributed by atoms with E-state index in [1.807, 2.05) is 19.1 Å². The lowest BCUT2D eigenvalue weighted by molar-refractivity contribution is 0.0822. The van der Waals surface area contributed by atoms with E-state index < -0.39 is 0 Å². The number of amides is 1. The fourth-order valence-electron chi connectivity index (χ4n) is 3.45. The van der Waals surface area contributed by atoms with Gasteiger partial charge in [-0.2, -0.15) is 0 Å². The van der Waals surface area contributed by atoms with Crippen LogP contribution in [0.4, 0.5) is 0 Å². The summed E-state index contributed by atoms with van der Waals surface area (Å²) in [5.41, 5.74) is 1.38. The molecule has 0 aliphatic heterocycles. The third-order valence-electron chi connectivity index (χ3n) is 4.53. The van der Waals surface area contributed by atoms with Crippen LogP contribution in [0.3, 0.4) is 0 Å². The molecule has 0 fully saturated rings. The van der Waals surface area contributed by atoms with E-state index in [0.29, 0.717) is 5.69 Å². The van der Waals surface area contributed by atoms with Crippen molar-refractivity contribution in [3.8, 4) is 0 Å². The first-order chi connectivity index (χ1) is 11.6. The van der Waals surface area contributed by atoms with E-state index in [0.717, 1.165) is 21.9 Å². The zero-order chi connectivity index (χ0) is 16.8. The Labute approximate surface area is 140 Å². The van der Waals surface area contributed by atoms with Crippen LogP contribution in [-0.4, -0.2) is 29.9 Å². The molecule has 0 bridgehead atoms. The average molecular weight is 314 g/mol. The third-order valence-corrected chi connectivity index (χ3v) is 4.53. The number of hydrogen-bond acceptors (Lipinski definition) is 2. The Bertz CT molecular complexity index is 1110. The van der Waals surface area contributed by atoms with Crippen molar-refractivity contribution in [2.24, 2.45) is 0 Å². The molecule has 0 aliphatic carbocycles. The van der Waals surface area contributed by atoms with Gasteiger partial charge in [0.1, 0.15) is 5.69 Å². The second kappa shape index (κ2) is 5.31. The maximum absolute atomic E-state index is 12.4. The predicted octanol–water partition coefficient (Wildman–Crippen LogP) is 4.55. The molecule has 0 spiro atoms. The maximum atomic E-state index is 12.4. The first-order valence-electron chi connectivity index (χ1n) is 8.00. The Morgan fingerprint density at radius 2 is 1.33 bits per heavy atom. The number of pyridine rings is 1. The minimum Gasteiger partial charge on any atom is -0.343 e. The summed E-state index contributed by atoms with van der Waals surface area (Å²) in [6.07, 6.45) is 0. The molecule has 3 aromatic carbocycles. The van der Waals surface area contributed by atoms with Crippen LogP contribution in [0, 0.1) is 6.92 Å². The lowest BCUT2D eigenvalue weighted by Gasteiger charge is -2.15. The van der Waals surface area contributed by atoms with Gasteiger partial charge in [-0.25, -0.2) is 4.98 Å². The van der Waals surface area contributed by atoms with E-state index in [-0.39, 0.29) is 5.91 Å². The Balaban J connectivity index is 2.25. The Kier molecular flexibility index (Phi) is 3.24. The number of carbonyl (C=O) groups is 1. The fraction of sp³-hybridized carbons (Fsp3) is 0.143. The molecule has 24 heavy (non-hydrogen) atoms. The Morgan fingerprint density at radius 1 is 0.833 bits per heavy atom. The summed E-state index contributed by atoms with van der Waals surface area (Å²) in [4.78, 5) is 18.6. The second-order valence-electron chi connectivity index (χ2n) is 6.31. The molecule has 0 saturated carbocycles. The molecule has 0 saturated heterocycles.